The lowest BCUT2D eigenvalue weighted by Crippen LogP contribution is -2.40. The van der Waals surface area contributed by atoms with Gasteiger partial charge in [0.2, 0.25) is 0 Å². The van der Waals surface area contributed by atoms with Gasteiger partial charge in [0, 0.05) is 6.54 Å². The molecule has 0 aliphatic carbocycles. The van der Waals surface area contributed by atoms with Crippen LogP contribution in [-0.2, 0) is 6.54 Å². The Morgan fingerprint density at radius 3 is 2.56 bits per heavy atom. The Bertz CT molecular complexity index is 430. The Kier molecular flexibility index (Phi) is 2.29. The summed E-state index contributed by atoms with van der Waals surface area (Å²) in [6.07, 6.45) is -4.50. The number of nitrogens with zero attached hydrogens (tertiary/aromatic N) is 1. The predicted octanol–water partition coefficient (Wildman–Crippen LogP) is 2.18. The molecule has 0 saturated heterocycles. The minimum absolute atomic E-state index is 0.0876. The van der Waals surface area contributed by atoms with Crippen LogP contribution < -0.4 is 5.73 Å². The van der Waals surface area contributed by atoms with E-state index in [1.165, 1.54) is 12.1 Å². The van der Waals surface area contributed by atoms with Gasteiger partial charge in [-0.2, -0.15) is 13.2 Å². The SMILES string of the molecule is NC(=O)N1Cc2ccccc2C1C(F)(F)F. The van der Waals surface area contributed by atoms with Crippen LogP contribution in [0.1, 0.15) is 17.2 Å². The fraction of sp³-hybridized carbons (Fsp3) is 0.300. The van der Waals surface area contributed by atoms with Gasteiger partial charge in [0.25, 0.3) is 0 Å². The molecular weight excluding hydrogens is 221 g/mol. The molecule has 0 spiro atoms. The number of hydrogen-bond donors (Lipinski definition) is 1. The summed E-state index contributed by atoms with van der Waals surface area (Å²) in [7, 11) is 0. The fourth-order valence-corrected chi connectivity index (χ4v) is 1.95. The van der Waals surface area contributed by atoms with Gasteiger partial charge in [-0.3, -0.25) is 0 Å². The molecule has 1 aromatic carbocycles. The number of hydrogen-bond acceptors (Lipinski definition) is 1. The molecule has 0 saturated carbocycles. The van der Waals surface area contributed by atoms with Crippen LogP contribution in [0.4, 0.5) is 18.0 Å². The van der Waals surface area contributed by atoms with Crippen molar-refractivity contribution in [2.75, 3.05) is 0 Å². The largest absolute Gasteiger partial charge is 0.413 e. The fourth-order valence-electron chi connectivity index (χ4n) is 1.95. The molecule has 2 amide bonds. The molecule has 16 heavy (non-hydrogen) atoms. The van der Waals surface area contributed by atoms with Crippen molar-refractivity contribution in [1.29, 1.82) is 0 Å². The van der Waals surface area contributed by atoms with Crippen molar-refractivity contribution in [3.63, 3.8) is 0 Å². The molecular formula is C10H9F3N2O. The first-order valence-electron chi connectivity index (χ1n) is 4.62. The van der Waals surface area contributed by atoms with Gasteiger partial charge in [-0.15, -0.1) is 0 Å². The highest BCUT2D eigenvalue weighted by molar-refractivity contribution is 5.74. The van der Waals surface area contributed by atoms with Crippen LogP contribution in [0.25, 0.3) is 0 Å². The normalized spacial score (nSPS) is 19.7. The molecule has 86 valence electrons. The van der Waals surface area contributed by atoms with E-state index < -0.39 is 18.2 Å². The Morgan fingerprint density at radius 2 is 2.00 bits per heavy atom. The van der Waals surface area contributed by atoms with E-state index in [1.807, 2.05) is 0 Å². The molecule has 2 rings (SSSR count). The maximum atomic E-state index is 12.8. The summed E-state index contributed by atoms with van der Waals surface area (Å²) in [5, 5.41) is 0. The number of alkyl halides is 3. The number of halogens is 3. The zero-order valence-corrected chi connectivity index (χ0v) is 8.16. The highest BCUT2D eigenvalue weighted by Gasteiger charge is 2.50. The highest BCUT2D eigenvalue weighted by atomic mass is 19.4. The van der Waals surface area contributed by atoms with Crippen LogP contribution in [0.3, 0.4) is 0 Å². The summed E-state index contributed by atoms with van der Waals surface area (Å²) < 4.78 is 38.4. The Morgan fingerprint density at radius 1 is 1.38 bits per heavy atom. The molecule has 6 heteroatoms. The second-order valence-corrected chi connectivity index (χ2v) is 3.61. The summed E-state index contributed by atoms with van der Waals surface area (Å²) in [5.41, 5.74) is 5.55. The zero-order valence-electron chi connectivity index (χ0n) is 8.16. The lowest BCUT2D eigenvalue weighted by Gasteiger charge is -2.25. The van der Waals surface area contributed by atoms with Crippen molar-refractivity contribution >= 4 is 6.03 Å². The van der Waals surface area contributed by atoms with Gasteiger partial charge in [0.05, 0.1) is 0 Å². The number of nitrogens with two attached hydrogens (primary N) is 1. The Labute approximate surface area is 89.6 Å². The van der Waals surface area contributed by atoms with Gasteiger partial charge in [0.1, 0.15) is 0 Å². The monoisotopic (exact) mass is 230 g/mol. The lowest BCUT2D eigenvalue weighted by molar-refractivity contribution is -0.175. The quantitative estimate of drug-likeness (QED) is 0.729. The summed E-state index contributed by atoms with van der Waals surface area (Å²) in [5.74, 6) is 0. The first-order chi connectivity index (χ1) is 7.41. The van der Waals surface area contributed by atoms with Crippen LogP contribution in [-0.4, -0.2) is 17.1 Å². The molecule has 1 atom stereocenters. The number of carbonyl (C=O) groups excluding carboxylic acids is 1. The molecule has 1 heterocycles. The van der Waals surface area contributed by atoms with E-state index in [2.05, 4.69) is 0 Å². The second kappa shape index (κ2) is 3.40. The second-order valence-electron chi connectivity index (χ2n) is 3.61. The van der Waals surface area contributed by atoms with Crippen molar-refractivity contribution in [3.8, 4) is 0 Å². The molecule has 1 aromatic rings. The molecule has 2 N–H and O–H groups in total. The molecule has 0 aromatic heterocycles. The van der Waals surface area contributed by atoms with Crippen molar-refractivity contribution in [2.24, 2.45) is 5.73 Å². The summed E-state index contributed by atoms with van der Waals surface area (Å²) >= 11 is 0. The third-order valence-electron chi connectivity index (χ3n) is 2.60. The van der Waals surface area contributed by atoms with Crippen LogP contribution >= 0.6 is 0 Å². The standard InChI is InChI=1S/C10H9F3N2O/c11-10(12,13)8-7-4-2-1-3-6(7)5-15(8)9(14)16/h1-4,8H,5H2,(H2,14,16). The molecule has 1 unspecified atom stereocenters. The van der Waals surface area contributed by atoms with Gasteiger partial charge < -0.3 is 10.6 Å². The van der Waals surface area contributed by atoms with Crippen molar-refractivity contribution in [2.45, 2.75) is 18.8 Å². The minimum atomic E-state index is -4.50. The molecule has 0 bridgehead atoms. The third-order valence-corrected chi connectivity index (χ3v) is 2.60. The van der Waals surface area contributed by atoms with Crippen LogP contribution in [0, 0.1) is 0 Å². The number of benzene rings is 1. The Hall–Kier alpha value is -1.72. The van der Waals surface area contributed by atoms with Gasteiger partial charge in [0.15, 0.2) is 6.04 Å². The van der Waals surface area contributed by atoms with Crippen molar-refractivity contribution < 1.29 is 18.0 Å². The van der Waals surface area contributed by atoms with E-state index in [4.69, 9.17) is 5.73 Å². The average Bonchev–Trinajstić information content (AvgIpc) is 2.55. The summed E-state index contributed by atoms with van der Waals surface area (Å²) in [6.45, 7) is -0.0876. The number of fused-ring (bicyclic) bond motifs is 1. The van der Waals surface area contributed by atoms with E-state index in [9.17, 15) is 18.0 Å². The first kappa shape index (κ1) is 10.8. The number of amides is 2. The van der Waals surface area contributed by atoms with E-state index in [0.29, 0.717) is 10.5 Å². The van der Waals surface area contributed by atoms with E-state index in [0.717, 1.165) is 0 Å². The summed E-state index contributed by atoms with van der Waals surface area (Å²) in [4.78, 5) is 11.6. The number of rotatable bonds is 0. The van der Waals surface area contributed by atoms with Gasteiger partial charge >= 0.3 is 12.2 Å². The van der Waals surface area contributed by atoms with Gasteiger partial charge in [-0.05, 0) is 11.1 Å². The Balaban J connectivity index is 2.48. The van der Waals surface area contributed by atoms with Crippen LogP contribution in [0.15, 0.2) is 24.3 Å². The molecule has 1 aliphatic rings. The maximum Gasteiger partial charge on any atom is 0.413 e. The average molecular weight is 230 g/mol. The van der Waals surface area contributed by atoms with E-state index in [1.54, 1.807) is 12.1 Å². The third kappa shape index (κ3) is 1.60. The number of urea groups is 1. The molecule has 3 nitrogen and oxygen atoms in total. The highest BCUT2D eigenvalue weighted by Crippen LogP contribution is 2.44. The zero-order chi connectivity index (χ0) is 11.9. The predicted molar refractivity (Wildman–Crippen MR) is 50.4 cm³/mol. The van der Waals surface area contributed by atoms with Crippen molar-refractivity contribution in [1.82, 2.24) is 4.90 Å². The summed E-state index contributed by atoms with van der Waals surface area (Å²) in [6, 6.07) is 3.12. The van der Waals surface area contributed by atoms with Crippen LogP contribution in [0.5, 0.6) is 0 Å². The smallest absolute Gasteiger partial charge is 0.351 e. The van der Waals surface area contributed by atoms with Gasteiger partial charge in [-0.25, -0.2) is 4.79 Å². The molecule has 0 fully saturated rings. The molecule has 1 aliphatic heterocycles. The van der Waals surface area contributed by atoms with Crippen LogP contribution in [0.2, 0.25) is 0 Å². The number of carbonyl (C=O) groups is 1. The first-order valence-corrected chi connectivity index (χ1v) is 4.62. The minimum Gasteiger partial charge on any atom is -0.351 e. The van der Waals surface area contributed by atoms with Gasteiger partial charge in [-0.1, -0.05) is 24.3 Å². The number of primary amides is 1. The van der Waals surface area contributed by atoms with E-state index >= 15 is 0 Å². The molecule has 0 radical (unpaired) electrons. The topological polar surface area (TPSA) is 46.3 Å². The maximum absolute atomic E-state index is 12.8. The lowest BCUT2D eigenvalue weighted by atomic mass is 10.0. The van der Waals surface area contributed by atoms with Crippen molar-refractivity contribution in [3.05, 3.63) is 35.4 Å². The van der Waals surface area contributed by atoms with E-state index in [-0.39, 0.29) is 12.1 Å².